The Morgan fingerprint density at radius 2 is 2.31 bits per heavy atom. The van der Waals surface area contributed by atoms with Crippen molar-refractivity contribution in [3.8, 4) is 0 Å². The molecule has 1 N–H and O–H groups in total. The topological polar surface area (TPSA) is 46.2 Å². The van der Waals surface area contributed by atoms with Crippen molar-refractivity contribution >= 4 is 21.6 Å². The molecule has 1 heterocycles. The van der Waals surface area contributed by atoms with Crippen molar-refractivity contribution in [1.82, 2.24) is 5.32 Å². The van der Waals surface area contributed by atoms with Crippen LogP contribution in [0.1, 0.15) is 12.8 Å². The van der Waals surface area contributed by atoms with Crippen molar-refractivity contribution in [3.05, 3.63) is 0 Å². The Kier molecular flexibility index (Phi) is 4.55. The van der Waals surface area contributed by atoms with Gasteiger partial charge in [-0.15, -0.1) is 0 Å². The summed E-state index contributed by atoms with van der Waals surface area (Å²) in [5, 5.41) is 3.07. The van der Waals surface area contributed by atoms with E-state index in [9.17, 15) is 8.42 Å². The first-order valence-corrected chi connectivity index (χ1v) is 7.69. The predicted molar refractivity (Wildman–Crippen MR) is 58.1 cm³/mol. The molecule has 78 valence electrons. The van der Waals surface area contributed by atoms with E-state index >= 15 is 0 Å². The summed E-state index contributed by atoms with van der Waals surface area (Å²) < 4.78 is 22.8. The van der Waals surface area contributed by atoms with Crippen LogP contribution in [0.3, 0.4) is 0 Å². The summed E-state index contributed by atoms with van der Waals surface area (Å²) >= 11 is 1.77. The average molecular weight is 223 g/mol. The van der Waals surface area contributed by atoms with Crippen LogP contribution in [-0.2, 0) is 9.84 Å². The van der Waals surface area contributed by atoms with Gasteiger partial charge in [-0.1, -0.05) is 0 Å². The molecule has 0 saturated carbocycles. The summed E-state index contributed by atoms with van der Waals surface area (Å²) in [5.74, 6) is 1.44. The number of sulfone groups is 1. The van der Waals surface area contributed by atoms with E-state index in [4.69, 9.17) is 0 Å². The Labute approximate surface area is 84.6 Å². The minimum atomic E-state index is -2.74. The van der Waals surface area contributed by atoms with Crippen molar-refractivity contribution in [3.63, 3.8) is 0 Å². The van der Waals surface area contributed by atoms with Crippen LogP contribution < -0.4 is 5.32 Å². The second kappa shape index (κ2) is 5.22. The Morgan fingerprint density at radius 1 is 1.54 bits per heavy atom. The van der Waals surface area contributed by atoms with Gasteiger partial charge in [-0.3, -0.25) is 0 Å². The third kappa shape index (κ3) is 3.48. The lowest BCUT2D eigenvalue weighted by Gasteiger charge is -2.09. The third-order valence-corrected chi connectivity index (χ3v) is 5.21. The molecule has 5 heteroatoms. The monoisotopic (exact) mass is 223 g/mol. The highest BCUT2D eigenvalue weighted by Crippen LogP contribution is 2.18. The van der Waals surface area contributed by atoms with E-state index < -0.39 is 9.84 Å². The van der Waals surface area contributed by atoms with E-state index in [2.05, 4.69) is 5.32 Å². The van der Waals surface area contributed by atoms with Crippen molar-refractivity contribution < 1.29 is 8.42 Å². The minimum absolute atomic E-state index is 0.116. The van der Waals surface area contributed by atoms with Crippen molar-refractivity contribution in [2.45, 2.75) is 18.1 Å². The molecule has 0 aromatic rings. The third-order valence-electron chi connectivity index (χ3n) is 2.32. The lowest BCUT2D eigenvalue weighted by molar-refractivity contribution is 0.578. The fourth-order valence-electron chi connectivity index (χ4n) is 1.52. The molecule has 1 aliphatic heterocycles. The summed E-state index contributed by atoms with van der Waals surface area (Å²) in [5.41, 5.74) is 0. The van der Waals surface area contributed by atoms with Crippen LogP contribution in [0.4, 0.5) is 0 Å². The number of hydrogen-bond acceptors (Lipinski definition) is 4. The van der Waals surface area contributed by atoms with Crippen LogP contribution in [0.5, 0.6) is 0 Å². The second-order valence-corrected chi connectivity index (χ2v) is 6.71. The van der Waals surface area contributed by atoms with Crippen molar-refractivity contribution in [1.29, 1.82) is 0 Å². The number of thioether (sulfide) groups is 1. The SMILES string of the molecule is CSCCNCC1CCCS1(=O)=O. The maximum atomic E-state index is 11.4. The van der Waals surface area contributed by atoms with Crippen molar-refractivity contribution in [2.75, 3.05) is 30.9 Å². The molecule has 0 aromatic carbocycles. The van der Waals surface area contributed by atoms with Gasteiger partial charge >= 0.3 is 0 Å². The lowest BCUT2D eigenvalue weighted by Crippen LogP contribution is -2.31. The van der Waals surface area contributed by atoms with Gasteiger partial charge in [0.1, 0.15) is 0 Å². The first kappa shape index (κ1) is 11.3. The average Bonchev–Trinajstić information content (AvgIpc) is 2.40. The van der Waals surface area contributed by atoms with Crippen LogP contribution in [0.15, 0.2) is 0 Å². The van der Waals surface area contributed by atoms with E-state index in [1.807, 2.05) is 6.26 Å². The fourth-order valence-corrected chi connectivity index (χ4v) is 3.67. The predicted octanol–water partition coefficient (Wildman–Crippen LogP) is 0.516. The molecule has 1 aliphatic rings. The number of hydrogen-bond donors (Lipinski definition) is 1. The molecule has 13 heavy (non-hydrogen) atoms. The van der Waals surface area contributed by atoms with Gasteiger partial charge in [0.15, 0.2) is 9.84 Å². The second-order valence-electron chi connectivity index (χ2n) is 3.33. The van der Waals surface area contributed by atoms with Gasteiger partial charge in [-0.2, -0.15) is 11.8 Å². The maximum Gasteiger partial charge on any atom is 0.154 e. The highest BCUT2D eigenvalue weighted by Gasteiger charge is 2.30. The zero-order valence-corrected chi connectivity index (χ0v) is 9.59. The first-order valence-electron chi connectivity index (χ1n) is 4.58. The molecule has 1 rings (SSSR count). The van der Waals surface area contributed by atoms with Crippen LogP contribution in [0, 0.1) is 0 Å². The summed E-state index contributed by atoms with van der Waals surface area (Å²) in [6.07, 6.45) is 3.74. The largest absolute Gasteiger partial charge is 0.315 e. The van der Waals surface area contributed by atoms with E-state index in [-0.39, 0.29) is 5.25 Å². The maximum absolute atomic E-state index is 11.4. The van der Waals surface area contributed by atoms with Crippen molar-refractivity contribution in [2.24, 2.45) is 0 Å². The van der Waals surface area contributed by atoms with Gasteiger partial charge in [0.25, 0.3) is 0 Å². The van der Waals surface area contributed by atoms with Crippen LogP contribution in [-0.4, -0.2) is 44.5 Å². The fraction of sp³-hybridized carbons (Fsp3) is 1.00. The summed E-state index contributed by atoms with van der Waals surface area (Å²) in [4.78, 5) is 0. The lowest BCUT2D eigenvalue weighted by atomic mass is 10.2. The molecule has 0 aliphatic carbocycles. The van der Waals surface area contributed by atoms with Gasteiger partial charge in [0, 0.05) is 18.8 Å². The van der Waals surface area contributed by atoms with Crippen LogP contribution >= 0.6 is 11.8 Å². The molecule has 1 saturated heterocycles. The number of nitrogens with one attached hydrogen (secondary N) is 1. The van der Waals surface area contributed by atoms with E-state index in [1.165, 1.54) is 0 Å². The molecule has 0 radical (unpaired) electrons. The Bertz CT molecular complexity index is 239. The molecule has 0 aromatic heterocycles. The number of rotatable bonds is 5. The molecular weight excluding hydrogens is 206 g/mol. The van der Waals surface area contributed by atoms with Gasteiger partial charge < -0.3 is 5.32 Å². The Morgan fingerprint density at radius 3 is 2.85 bits per heavy atom. The van der Waals surface area contributed by atoms with Crippen LogP contribution in [0.25, 0.3) is 0 Å². The smallest absolute Gasteiger partial charge is 0.154 e. The van der Waals surface area contributed by atoms with E-state index in [0.29, 0.717) is 12.3 Å². The van der Waals surface area contributed by atoms with Gasteiger partial charge in [-0.05, 0) is 19.1 Å². The standard InChI is InChI=1S/C8H17NO2S2/c1-12-5-4-9-7-8-3-2-6-13(8,10)11/h8-9H,2-7H2,1H3. The Hall–Kier alpha value is 0.260. The Balaban J connectivity index is 2.22. The van der Waals surface area contributed by atoms with Crippen LogP contribution in [0.2, 0.25) is 0 Å². The quantitative estimate of drug-likeness (QED) is 0.690. The normalized spacial score (nSPS) is 26.4. The zero-order chi connectivity index (χ0) is 9.73. The summed E-state index contributed by atoms with van der Waals surface area (Å²) in [7, 11) is -2.74. The van der Waals surface area contributed by atoms with Gasteiger partial charge in [0.2, 0.25) is 0 Å². The molecule has 0 bridgehead atoms. The molecule has 0 amide bonds. The van der Waals surface area contributed by atoms with Gasteiger partial charge in [-0.25, -0.2) is 8.42 Å². The molecular formula is C8H17NO2S2. The molecule has 1 unspecified atom stereocenters. The summed E-state index contributed by atoms with van der Waals surface area (Å²) in [6.45, 7) is 1.55. The molecule has 1 fully saturated rings. The van der Waals surface area contributed by atoms with E-state index in [1.54, 1.807) is 11.8 Å². The molecule has 3 nitrogen and oxygen atoms in total. The van der Waals surface area contributed by atoms with E-state index in [0.717, 1.165) is 25.1 Å². The van der Waals surface area contributed by atoms with Gasteiger partial charge in [0.05, 0.1) is 11.0 Å². The zero-order valence-electron chi connectivity index (χ0n) is 7.95. The molecule has 1 atom stereocenters. The first-order chi connectivity index (χ1) is 6.17. The minimum Gasteiger partial charge on any atom is -0.315 e. The summed E-state index contributed by atoms with van der Waals surface area (Å²) in [6, 6.07) is 0. The molecule has 0 spiro atoms. The highest BCUT2D eigenvalue weighted by molar-refractivity contribution is 7.98. The highest BCUT2D eigenvalue weighted by atomic mass is 32.2.